The number of carbonyl (C=O) groups is 2. The predicted molar refractivity (Wildman–Crippen MR) is 159 cm³/mol. The zero-order valence-electron chi connectivity index (χ0n) is 23.4. The Labute approximate surface area is 242 Å². The van der Waals surface area contributed by atoms with Crippen molar-refractivity contribution >= 4 is 34.5 Å². The fraction of sp³-hybridized carbons (Fsp3) is 0.414. The summed E-state index contributed by atoms with van der Waals surface area (Å²) in [5, 5.41) is 3.02. The summed E-state index contributed by atoms with van der Waals surface area (Å²) < 4.78 is 35.2. The Kier molecular flexibility index (Phi) is 11.2. The van der Waals surface area contributed by atoms with Crippen LogP contribution in [-0.4, -0.2) is 42.1 Å². The van der Waals surface area contributed by atoms with Gasteiger partial charge in [-0.25, -0.2) is 18.1 Å². The molecule has 1 heterocycles. The Morgan fingerprint density at radius 1 is 1.10 bits per heavy atom. The topological polar surface area (TPSA) is 119 Å². The molecule has 3 rings (SSSR count). The number of hydrogen-bond acceptors (Lipinski definition) is 7. The monoisotopic (exact) mass is 586 g/mol. The maximum atomic E-state index is 12.8. The van der Waals surface area contributed by atoms with E-state index in [0.29, 0.717) is 48.5 Å². The minimum atomic E-state index is -4.01. The molecule has 1 atom stereocenters. The van der Waals surface area contributed by atoms with Gasteiger partial charge in [-0.1, -0.05) is 63.2 Å². The van der Waals surface area contributed by atoms with Crippen molar-refractivity contribution in [3.05, 3.63) is 66.0 Å². The molecule has 0 aliphatic rings. The van der Waals surface area contributed by atoms with Crippen LogP contribution in [0.3, 0.4) is 0 Å². The van der Waals surface area contributed by atoms with Gasteiger partial charge < -0.3 is 10.1 Å². The third-order valence-corrected chi connectivity index (χ3v) is 8.12. The molecule has 9 nitrogen and oxygen atoms in total. The molecule has 0 aliphatic carbocycles. The molecule has 0 bridgehead atoms. The normalized spacial score (nSPS) is 12.2. The van der Waals surface area contributed by atoms with Crippen LogP contribution in [0.15, 0.2) is 59.6 Å². The molecule has 1 aromatic heterocycles. The van der Waals surface area contributed by atoms with Crippen molar-refractivity contribution in [2.45, 2.75) is 58.5 Å². The maximum Gasteiger partial charge on any atom is 0.296 e. The number of sulfonamides is 1. The van der Waals surface area contributed by atoms with E-state index < -0.39 is 15.9 Å². The Bertz CT molecular complexity index is 1400. The van der Waals surface area contributed by atoms with E-state index >= 15 is 0 Å². The van der Waals surface area contributed by atoms with Crippen LogP contribution in [0.5, 0.6) is 6.01 Å². The molecule has 0 saturated heterocycles. The lowest BCUT2D eigenvalue weighted by atomic mass is 9.98. The number of ether oxygens (including phenoxy) is 1. The highest BCUT2D eigenvalue weighted by Crippen LogP contribution is 2.28. The number of amides is 2. The van der Waals surface area contributed by atoms with Gasteiger partial charge >= 0.3 is 0 Å². The van der Waals surface area contributed by atoms with Gasteiger partial charge in [0.25, 0.3) is 16.0 Å². The zero-order chi connectivity index (χ0) is 29.3. The minimum Gasteiger partial charge on any atom is -0.465 e. The molecular weight excluding hydrogens is 548 g/mol. The molecular formula is C29H38N4O5S2. The first-order valence-corrected chi connectivity index (χ1v) is 15.4. The van der Waals surface area contributed by atoms with E-state index in [9.17, 15) is 18.0 Å². The Balaban J connectivity index is 1.84. The van der Waals surface area contributed by atoms with Crippen molar-refractivity contribution in [1.29, 1.82) is 0 Å². The van der Waals surface area contributed by atoms with Crippen LogP contribution < -0.4 is 14.8 Å². The first-order chi connectivity index (χ1) is 19.1. The molecule has 0 spiro atoms. The number of thiol groups is 1. The summed E-state index contributed by atoms with van der Waals surface area (Å²) in [4.78, 5) is 28.7. The highest BCUT2D eigenvalue weighted by molar-refractivity contribution is 7.90. The smallest absolute Gasteiger partial charge is 0.296 e. The van der Waals surface area contributed by atoms with Gasteiger partial charge in [0.1, 0.15) is 0 Å². The molecule has 40 heavy (non-hydrogen) atoms. The molecule has 0 radical (unpaired) electrons. The van der Waals surface area contributed by atoms with Gasteiger partial charge in [0.15, 0.2) is 0 Å². The summed E-state index contributed by atoms with van der Waals surface area (Å²) in [5.74, 6) is 0.0167. The lowest BCUT2D eigenvalue weighted by molar-refractivity contribution is -0.125. The number of nitrogens with one attached hydrogen (secondary N) is 2. The van der Waals surface area contributed by atoms with Gasteiger partial charge in [0, 0.05) is 24.2 Å². The van der Waals surface area contributed by atoms with E-state index in [1.165, 1.54) is 6.07 Å². The third kappa shape index (κ3) is 8.34. The van der Waals surface area contributed by atoms with Gasteiger partial charge in [-0.3, -0.25) is 14.2 Å². The zero-order valence-corrected chi connectivity index (χ0v) is 25.1. The molecule has 0 fully saturated rings. The minimum absolute atomic E-state index is 0.0258. The lowest BCUT2D eigenvalue weighted by Crippen LogP contribution is -2.32. The second kappa shape index (κ2) is 14.4. The molecule has 216 valence electrons. The number of imidazole rings is 1. The average Bonchev–Trinajstić information content (AvgIpc) is 3.29. The first-order valence-electron chi connectivity index (χ1n) is 13.3. The average molecular weight is 587 g/mol. The maximum absolute atomic E-state index is 12.8. The predicted octanol–water partition coefficient (Wildman–Crippen LogP) is 4.42. The summed E-state index contributed by atoms with van der Waals surface area (Å²) in [6, 6.07) is 14.5. The summed E-state index contributed by atoms with van der Waals surface area (Å²) in [7, 11) is -4.01. The van der Waals surface area contributed by atoms with Crippen LogP contribution in [-0.2, 0) is 32.7 Å². The fourth-order valence-corrected chi connectivity index (χ4v) is 5.86. The van der Waals surface area contributed by atoms with Gasteiger partial charge in [-0.15, -0.1) is 0 Å². The van der Waals surface area contributed by atoms with Crippen molar-refractivity contribution < 1.29 is 22.7 Å². The fourth-order valence-electron chi connectivity index (χ4n) is 4.32. The largest absolute Gasteiger partial charge is 0.465 e. The van der Waals surface area contributed by atoms with Crippen molar-refractivity contribution in [3.8, 4) is 17.1 Å². The lowest BCUT2D eigenvalue weighted by Gasteiger charge is -2.17. The first kappa shape index (κ1) is 31.2. The number of nitrogens with zero attached hydrogens (tertiary/aromatic N) is 2. The number of carbonyl (C=O) groups excluding carboxylic acids is 2. The van der Waals surface area contributed by atoms with Crippen LogP contribution in [0, 0.1) is 11.8 Å². The van der Waals surface area contributed by atoms with Gasteiger partial charge in [0.2, 0.25) is 11.8 Å². The number of rotatable bonds is 14. The van der Waals surface area contributed by atoms with Gasteiger partial charge in [0.05, 0.1) is 36.5 Å². The van der Waals surface area contributed by atoms with Crippen molar-refractivity contribution in [1.82, 2.24) is 19.6 Å². The van der Waals surface area contributed by atoms with Crippen LogP contribution >= 0.6 is 12.6 Å². The van der Waals surface area contributed by atoms with Crippen molar-refractivity contribution in [2.24, 2.45) is 11.8 Å². The van der Waals surface area contributed by atoms with E-state index in [1.807, 2.05) is 40.5 Å². The van der Waals surface area contributed by atoms with E-state index in [4.69, 9.17) is 4.74 Å². The quantitative estimate of drug-likeness (QED) is 0.241. The van der Waals surface area contributed by atoms with E-state index in [2.05, 4.69) is 36.8 Å². The summed E-state index contributed by atoms with van der Waals surface area (Å²) in [6.07, 6.45) is 3.30. The molecule has 3 aromatic rings. The molecule has 0 unspecified atom stereocenters. The number of aromatic nitrogens is 2. The van der Waals surface area contributed by atoms with Crippen molar-refractivity contribution in [3.63, 3.8) is 0 Å². The molecule has 2 amide bonds. The SMILES string of the molecule is CCCOc1ncc(CNC(=O)[C@@H](CS)CC(C)C)n1Cc1ccc(-c2ccccc2S(=O)(=O)NC(C)=O)cc1. The molecule has 2 N–H and O–H groups in total. The highest BCUT2D eigenvalue weighted by Gasteiger charge is 2.21. The van der Waals surface area contributed by atoms with Crippen molar-refractivity contribution in [2.75, 3.05) is 12.4 Å². The van der Waals surface area contributed by atoms with E-state index in [-0.39, 0.29) is 16.7 Å². The Morgan fingerprint density at radius 3 is 2.42 bits per heavy atom. The Hall–Kier alpha value is -3.31. The number of benzene rings is 2. The standard InChI is InChI=1S/C29H38N4O5S2/c1-5-14-38-29-31-17-25(16-30-28(35)24(19-39)15-20(2)3)33(29)18-22-10-12-23(13-11-22)26-8-6-7-9-27(26)40(36,37)32-21(4)34/h6-13,17,20,24,39H,5,14-16,18-19H2,1-4H3,(H,30,35)(H,32,34)/t24-/m1/s1. The second-order valence-electron chi connectivity index (χ2n) is 10.0. The molecule has 0 saturated carbocycles. The van der Waals surface area contributed by atoms with E-state index in [1.54, 1.807) is 24.4 Å². The van der Waals surface area contributed by atoms with Crippen LogP contribution in [0.1, 0.15) is 51.8 Å². The molecule has 2 aromatic carbocycles. The molecule has 0 aliphatic heterocycles. The van der Waals surface area contributed by atoms with Gasteiger partial charge in [-0.2, -0.15) is 12.6 Å². The number of hydrogen-bond donors (Lipinski definition) is 3. The summed E-state index contributed by atoms with van der Waals surface area (Å²) >= 11 is 4.36. The van der Waals surface area contributed by atoms with Gasteiger partial charge in [-0.05, 0) is 36.0 Å². The summed E-state index contributed by atoms with van der Waals surface area (Å²) in [5.41, 5.74) is 2.92. The van der Waals surface area contributed by atoms with Crippen LogP contribution in [0.2, 0.25) is 0 Å². The van der Waals surface area contributed by atoms with Crippen LogP contribution in [0.4, 0.5) is 0 Å². The Morgan fingerprint density at radius 2 is 1.80 bits per heavy atom. The second-order valence-corrected chi connectivity index (χ2v) is 12.1. The third-order valence-electron chi connectivity index (χ3n) is 6.19. The highest BCUT2D eigenvalue weighted by atomic mass is 32.2. The van der Waals surface area contributed by atoms with E-state index in [0.717, 1.165) is 31.0 Å². The van der Waals surface area contributed by atoms with Crippen LogP contribution in [0.25, 0.3) is 11.1 Å². The molecule has 11 heteroatoms. The summed E-state index contributed by atoms with van der Waals surface area (Å²) in [6.45, 7) is 8.60.